The number of hydrogen-bond donors (Lipinski definition) is 7. The Morgan fingerprint density at radius 2 is 1.43 bits per heavy atom. The van der Waals surface area contributed by atoms with Crippen molar-refractivity contribution in [1.82, 2.24) is 5.32 Å². The van der Waals surface area contributed by atoms with Crippen LogP contribution in [0.3, 0.4) is 0 Å². The zero-order chi connectivity index (χ0) is 22.8. The number of carbonyl (C=O) groups excluding carboxylic acids is 1. The van der Waals surface area contributed by atoms with Gasteiger partial charge in [-0.3, -0.25) is 4.79 Å². The molecule has 10 atom stereocenters. The first-order chi connectivity index (χ1) is 13.9. The topological polar surface area (TPSA) is 187 Å². The van der Waals surface area contributed by atoms with E-state index in [1.54, 1.807) is 20.8 Å². The summed E-state index contributed by atoms with van der Waals surface area (Å²) in [5.41, 5.74) is -0.725. The van der Waals surface area contributed by atoms with Crippen molar-refractivity contribution in [3.63, 3.8) is 0 Å². The molecule has 2 rings (SSSR count). The van der Waals surface area contributed by atoms with Crippen molar-refractivity contribution >= 4 is 5.91 Å². The predicted molar refractivity (Wildman–Crippen MR) is 98.8 cm³/mol. The summed E-state index contributed by atoms with van der Waals surface area (Å²) in [7, 11) is 0. The second kappa shape index (κ2) is 10.1. The number of nitrogens with one attached hydrogen (secondary N) is 1. The molecule has 2 fully saturated rings. The van der Waals surface area contributed by atoms with E-state index in [1.807, 2.05) is 0 Å². The summed E-state index contributed by atoms with van der Waals surface area (Å²) in [6.07, 6.45) is -12.8. The first-order valence-corrected chi connectivity index (χ1v) is 9.75. The Labute approximate surface area is 174 Å². The molecule has 0 radical (unpaired) electrons. The van der Waals surface area contributed by atoms with Crippen molar-refractivity contribution in [3.8, 4) is 0 Å². The Balaban J connectivity index is 2.32. The summed E-state index contributed by atoms with van der Waals surface area (Å²) in [6.45, 7) is 5.22. The molecule has 2 aliphatic heterocycles. The molecule has 12 nitrogen and oxygen atoms in total. The fraction of sp³-hybridized carbons (Fsp3) is 0.944. The summed E-state index contributed by atoms with van der Waals surface area (Å²) >= 11 is 0. The van der Waals surface area contributed by atoms with Gasteiger partial charge in [0.1, 0.15) is 48.8 Å². The Morgan fingerprint density at radius 3 is 1.93 bits per heavy atom. The van der Waals surface area contributed by atoms with Crippen LogP contribution in [0.4, 0.5) is 0 Å². The van der Waals surface area contributed by atoms with Crippen LogP contribution in [0.25, 0.3) is 0 Å². The normalized spacial score (nSPS) is 42.7. The highest BCUT2D eigenvalue weighted by atomic mass is 16.7. The minimum atomic E-state index is -1.72. The molecule has 2 saturated heterocycles. The standard InChI is InChI=1S/C18H33NO11/c1-7(22)19-10-15(12(24)9(6-21)27-16(10)30-18(2,3)4)29-17-14(26)13(25)11(23)8(5-20)28-17/h8-17,20-21,23-26H,5-6H2,1-4H3,(H,19,22)/t8?,9?,10?,11?,12?,13-,14?,15+,16-,17-/m0/s1. The molecule has 176 valence electrons. The van der Waals surface area contributed by atoms with Crippen LogP contribution in [0.2, 0.25) is 0 Å². The van der Waals surface area contributed by atoms with E-state index in [2.05, 4.69) is 5.32 Å². The molecule has 1 amide bonds. The lowest BCUT2D eigenvalue weighted by atomic mass is 9.95. The maximum absolute atomic E-state index is 11.8. The third kappa shape index (κ3) is 5.85. The molecule has 12 heteroatoms. The average Bonchev–Trinajstić information content (AvgIpc) is 2.65. The van der Waals surface area contributed by atoms with E-state index < -0.39 is 86.1 Å². The molecule has 30 heavy (non-hydrogen) atoms. The summed E-state index contributed by atoms with van der Waals surface area (Å²) in [6, 6.07) is -1.08. The number of hydrogen-bond acceptors (Lipinski definition) is 11. The number of carbonyl (C=O) groups is 1. The van der Waals surface area contributed by atoms with Crippen LogP contribution >= 0.6 is 0 Å². The first-order valence-electron chi connectivity index (χ1n) is 9.75. The number of aliphatic hydroxyl groups is 6. The summed E-state index contributed by atoms with van der Waals surface area (Å²) in [5.74, 6) is -0.483. The van der Waals surface area contributed by atoms with Crippen LogP contribution < -0.4 is 5.32 Å². The van der Waals surface area contributed by atoms with Crippen molar-refractivity contribution in [2.75, 3.05) is 13.2 Å². The third-order valence-electron chi connectivity index (χ3n) is 4.83. The van der Waals surface area contributed by atoms with Gasteiger partial charge in [0.25, 0.3) is 0 Å². The molecule has 2 aliphatic rings. The molecule has 0 bridgehead atoms. The van der Waals surface area contributed by atoms with Gasteiger partial charge in [0, 0.05) is 6.92 Å². The monoisotopic (exact) mass is 439 g/mol. The first kappa shape index (κ1) is 25.3. The van der Waals surface area contributed by atoms with Crippen LogP contribution in [0.5, 0.6) is 0 Å². The maximum atomic E-state index is 11.8. The van der Waals surface area contributed by atoms with Crippen LogP contribution in [0.1, 0.15) is 27.7 Å². The number of amides is 1. The van der Waals surface area contributed by atoms with E-state index in [9.17, 15) is 35.4 Å². The highest BCUT2D eigenvalue weighted by molar-refractivity contribution is 5.73. The van der Waals surface area contributed by atoms with Gasteiger partial charge in [-0.2, -0.15) is 0 Å². The largest absolute Gasteiger partial charge is 0.394 e. The lowest BCUT2D eigenvalue weighted by Crippen LogP contribution is -2.68. The quantitative estimate of drug-likeness (QED) is 0.218. The lowest BCUT2D eigenvalue weighted by Gasteiger charge is -2.48. The molecule has 0 aliphatic carbocycles. The van der Waals surface area contributed by atoms with E-state index in [1.165, 1.54) is 6.92 Å². The summed E-state index contributed by atoms with van der Waals surface area (Å²) in [5, 5.41) is 62.4. The van der Waals surface area contributed by atoms with Gasteiger partial charge in [-0.1, -0.05) is 0 Å². The van der Waals surface area contributed by atoms with Crippen molar-refractivity contribution < 1.29 is 54.4 Å². The Kier molecular flexibility index (Phi) is 8.55. The lowest BCUT2D eigenvalue weighted by molar-refractivity contribution is -0.350. The Bertz CT molecular complexity index is 569. The molecule has 0 aromatic carbocycles. The van der Waals surface area contributed by atoms with E-state index in [4.69, 9.17) is 18.9 Å². The van der Waals surface area contributed by atoms with E-state index in [0.717, 1.165) is 0 Å². The van der Waals surface area contributed by atoms with Crippen molar-refractivity contribution in [2.45, 2.75) is 94.6 Å². The molecule has 0 spiro atoms. The second-order valence-electron chi connectivity index (χ2n) is 8.47. The molecule has 0 aromatic rings. The molecular formula is C18H33NO11. The molecule has 2 heterocycles. The van der Waals surface area contributed by atoms with Gasteiger partial charge in [0.15, 0.2) is 12.6 Å². The van der Waals surface area contributed by atoms with Crippen molar-refractivity contribution in [1.29, 1.82) is 0 Å². The zero-order valence-electron chi connectivity index (χ0n) is 17.4. The Hall–Kier alpha value is -0.930. The average molecular weight is 439 g/mol. The minimum absolute atomic E-state index is 0.483. The van der Waals surface area contributed by atoms with Crippen LogP contribution in [-0.4, -0.2) is 117 Å². The SMILES string of the molecule is CC(=O)NC1[C@H](OC(C)(C)C)OC(CO)C(O)[C@@H]1O[C@@H]1OC(CO)C(O)[C@H](O)C1O. The fourth-order valence-electron chi connectivity index (χ4n) is 3.40. The highest BCUT2D eigenvalue weighted by Gasteiger charge is 2.52. The Morgan fingerprint density at radius 1 is 0.900 bits per heavy atom. The predicted octanol–water partition coefficient (Wildman–Crippen LogP) is -3.43. The number of ether oxygens (including phenoxy) is 4. The van der Waals surface area contributed by atoms with Gasteiger partial charge in [-0.05, 0) is 20.8 Å². The second-order valence-corrected chi connectivity index (χ2v) is 8.47. The zero-order valence-corrected chi connectivity index (χ0v) is 17.4. The van der Waals surface area contributed by atoms with Crippen molar-refractivity contribution in [2.24, 2.45) is 0 Å². The van der Waals surface area contributed by atoms with Gasteiger partial charge in [-0.15, -0.1) is 0 Å². The van der Waals surface area contributed by atoms with E-state index in [0.29, 0.717) is 0 Å². The number of rotatable bonds is 6. The van der Waals surface area contributed by atoms with Gasteiger partial charge in [0.2, 0.25) is 5.91 Å². The van der Waals surface area contributed by atoms with Crippen LogP contribution in [0.15, 0.2) is 0 Å². The van der Waals surface area contributed by atoms with E-state index >= 15 is 0 Å². The smallest absolute Gasteiger partial charge is 0.217 e. The third-order valence-corrected chi connectivity index (χ3v) is 4.83. The van der Waals surface area contributed by atoms with Gasteiger partial charge in [0.05, 0.1) is 18.8 Å². The number of aliphatic hydroxyl groups excluding tert-OH is 6. The molecular weight excluding hydrogens is 406 g/mol. The molecule has 7 N–H and O–H groups in total. The van der Waals surface area contributed by atoms with Crippen LogP contribution in [-0.2, 0) is 23.7 Å². The van der Waals surface area contributed by atoms with Gasteiger partial charge in [-0.25, -0.2) is 0 Å². The fourth-order valence-corrected chi connectivity index (χ4v) is 3.40. The van der Waals surface area contributed by atoms with E-state index in [-0.39, 0.29) is 0 Å². The summed E-state index contributed by atoms with van der Waals surface area (Å²) < 4.78 is 22.5. The highest BCUT2D eigenvalue weighted by Crippen LogP contribution is 2.31. The van der Waals surface area contributed by atoms with Gasteiger partial charge >= 0.3 is 0 Å². The van der Waals surface area contributed by atoms with Crippen LogP contribution in [0, 0.1) is 0 Å². The molecule has 0 aromatic heterocycles. The molecule has 0 saturated carbocycles. The summed E-state index contributed by atoms with van der Waals surface area (Å²) in [4.78, 5) is 11.8. The van der Waals surface area contributed by atoms with Gasteiger partial charge < -0.3 is 54.9 Å². The minimum Gasteiger partial charge on any atom is -0.394 e. The maximum Gasteiger partial charge on any atom is 0.217 e. The molecule has 6 unspecified atom stereocenters. The van der Waals surface area contributed by atoms with Crippen molar-refractivity contribution in [3.05, 3.63) is 0 Å².